The van der Waals surface area contributed by atoms with Crippen LogP contribution in [0, 0.1) is 6.92 Å². The van der Waals surface area contributed by atoms with E-state index in [-0.39, 0.29) is 20.8 Å². The van der Waals surface area contributed by atoms with E-state index in [4.69, 9.17) is 34.8 Å². The van der Waals surface area contributed by atoms with Crippen LogP contribution < -0.4 is 10.2 Å². The van der Waals surface area contributed by atoms with Crippen LogP contribution in [0.15, 0.2) is 36.4 Å². The number of urea groups is 1. The Balaban J connectivity index is 1.76. The Morgan fingerprint density at radius 1 is 1.04 bits per heavy atom. The Labute approximate surface area is 177 Å². The van der Waals surface area contributed by atoms with Gasteiger partial charge in [-0.25, -0.2) is 4.79 Å². The molecule has 0 aromatic heterocycles. The van der Waals surface area contributed by atoms with Crippen molar-refractivity contribution in [2.45, 2.75) is 19.9 Å². The molecule has 1 fully saturated rings. The van der Waals surface area contributed by atoms with E-state index >= 15 is 0 Å². The van der Waals surface area contributed by atoms with Crippen molar-refractivity contribution in [3.63, 3.8) is 0 Å². The molecule has 0 radical (unpaired) electrons. The highest BCUT2D eigenvalue weighted by Gasteiger charge is 2.44. The minimum Gasteiger partial charge on any atom is -0.323 e. The molecule has 0 saturated carbocycles. The van der Waals surface area contributed by atoms with Crippen LogP contribution in [0.1, 0.15) is 12.5 Å². The number of nitrogens with one attached hydrogen (secondary N) is 1. The number of benzene rings is 2. The van der Waals surface area contributed by atoms with Crippen LogP contribution in [0.25, 0.3) is 0 Å². The smallest absolute Gasteiger partial charge is 0.323 e. The molecule has 2 aromatic carbocycles. The lowest BCUT2D eigenvalue weighted by molar-refractivity contribution is -0.130. The van der Waals surface area contributed by atoms with Crippen LogP contribution in [0.2, 0.25) is 15.1 Å². The summed E-state index contributed by atoms with van der Waals surface area (Å²) in [6.07, 6.45) is 0. The third kappa shape index (κ3) is 3.94. The van der Waals surface area contributed by atoms with Gasteiger partial charge >= 0.3 is 6.03 Å². The zero-order chi connectivity index (χ0) is 20.6. The van der Waals surface area contributed by atoms with Gasteiger partial charge in [0.05, 0.1) is 20.8 Å². The number of imide groups is 1. The first-order chi connectivity index (χ1) is 13.2. The first kappa shape index (κ1) is 20.5. The molecule has 146 valence electrons. The standard InChI is InChI=1S/C19H16Cl3N3O3/c1-10-3-5-12(6-4-10)25-11(2)18(27)24(19(25)28)9-17(26)23-16-8-14(21)13(20)7-15(16)22/h3-8,11H,9H2,1-2H3,(H,23,26)/t11-/m1/s1. The third-order valence-corrected chi connectivity index (χ3v) is 5.38. The van der Waals surface area contributed by atoms with Gasteiger partial charge in [0.1, 0.15) is 12.6 Å². The van der Waals surface area contributed by atoms with E-state index in [0.717, 1.165) is 10.5 Å². The number of hydrogen-bond donors (Lipinski definition) is 1. The number of carbonyl (C=O) groups is 3. The van der Waals surface area contributed by atoms with Crippen molar-refractivity contribution in [3.8, 4) is 0 Å². The highest BCUT2D eigenvalue weighted by molar-refractivity contribution is 6.44. The number of carbonyl (C=O) groups excluding carboxylic acids is 3. The summed E-state index contributed by atoms with van der Waals surface area (Å²) < 4.78 is 0. The molecule has 9 heteroatoms. The average Bonchev–Trinajstić information content (AvgIpc) is 2.84. The first-order valence-electron chi connectivity index (χ1n) is 8.34. The molecule has 1 atom stereocenters. The highest BCUT2D eigenvalue weighted by Crippen LogP contribution is 2.32. The van der Waals surface area contributed by atoms with Gasteiger partial charge < -0.3 is 5.32 Å². The van der Waals surface area contributed by atoms with Crippen LogP contribution in [-0.2, 0) is 9.59 Å². The van der Waals surface area contributed by atoms with Gasteiger partial charge in [0.25, 0.3) is 5.91 Å². The molecule has 0 bridgehead atoms. The highest BCUT2D eigenvalue weighted by atomic mass is 35.5. The fourth-order valence-electron chi connectivity index (χ4n) is 2.86. The van der Waals surface area contributed by atoms with Crippen molar-refractivity contribution in [2.24, 2.45) is 0 Å². The van der Waals surface area contributed by atoms with Gasteiger partial charge in [-0.15, -0.1) is 0 Å². The lowest BCUT2D eigenvalue weighted by atomic mass is 10.2. The molecular weight excluding hydrogens is 425 g/mol. The van der Waals surface area contributed by atoms with Gasteiger partial charge in [0, 0.05) is 5.69 Å². The summed E-state index contributed by atoms with van der Waals surface area (Å²) in [6, 6.07) is 8.75. The van der Waals surface area contributed by atoms with Crippen LogP contribution in [0.5, 0.6) is 0 Å². The summed E-state index contributed by atoms with van der Waals surface area (Å²) in [5.41, 5.74) is 1.86. The minimum absolute atomic E-state index is 0.191. The Morgan fingerprint density at radius 2 is 1.64 bits per heavy atom. The molecule has 1 heterocycles. The Morgan fingerprint density at radius 3 is 2.29 bits per heavy atom. The maximum atomic E-state index is 12.8. The molecule has 1 aliphatic rings. The van der Waals surface area contributed by atoms with Gasteiger partial charge in [-0.2, -0.15) is 0 Å². The normalized spacial score (nSPS) is 16.7. The number of aryl methyl sites for hydroxylation is 1. The second-order valence-electron chi connectivity index (χ2n) is 6.38. The molecule has 4 amide bonds. The largest absolute Gasteiger partial charge is 0.332 e. The van der Waals surface area contributed by atoms with E-state index in [0.29, 0.717) is 5.69 Å². The van der Waals surface area contributed by atoms with Crippen molar-refractivity contribution in [1.29, 1.82) is 0 Å². The van der Waals surface area contributed by atoms with Crippen molar-refractivity contribution in [2.75, 3.05) is 16.8 Å². The van der Waals surface area contributed by atoms with Gasteiger partial charge in [-0.1, -0.05) is 52.5 Å². The molecule has 28 heavy (non-hydrogen) atoms. The summed E-state index contributed by atoms with van der Waals surface area (Å²) in [7, 11) is 0. The molecule has 1 aliphatic heterocycles. The van der Waals surface area contributed by atoms with E-state index in [2.05, 4.69) is 5.32 Å². The molecular formula is C19H16Cl3N3O3. The lowest BCUT2D eigenvalue weighted by Crippen LogP contribution is -2.39. The predicted molar refractivity (Wildman–Crippen MR) is 110 cm³/mol. The van der Waals surface area contributed by atoms with E-state index in [9.17, 15) is 14.4 Å². The number of hydrogen-bond acceptors (Lipinski definition) is 3. The molecule has 0 spiro atoms. The van der Waals surface area contributed by atoms with Crippen molar-refractivity contribution >= 4 is 64.0 Å². The summed E-state index contributed by atoms with van der Waals surface area (Å²) >= 11 is 17.8. The fraction of sp³-hybridized carbons (Fsp3) is 0.211. The van der Waals surface area contributed by atoms with E-state index < -0.39 is 30.4 Å². The van der Waals surface area contributed by atoms with Crippen LogP contribution in [0.3, 0.4) is 0 Å². The van der Waals surface area contributed by atoms with Gasteiger partial charge in [-0.05, 0) is 38.1 Å². The molecule has 1 N–H and O–H groups in total. The van der Waals surface area contributed by atoms with E-state index in [1.54, 1.807) is 19.1 Å². The molecule has 3 rings (SSSR count). The second kappa shape index (κ2) is 7.99. The number of halogens is 3. The van der Waals surface area contributed by atoms with Crippen LogP contribution in [0.4, 0.5) is 16.2 Å². The maximum absolute atomic E-state index is 12.8. The number of amides is 4. The SMILES string of the molecule is Cc1ccc(N2C(=O)N(CC(=O)Nc3cc(Cl)c(Cl)cc3Cl)C(=O)[C@H]2C)cc1. The third-order valence-electron chi connectivity index (χ3n) is 4.35. The number of anilines is 2. The fourth-order valence-corrected chi connectivity index (χ4v) is 3.46. The summed E-state index contributed by atoms with van der Waals surface area (Å²) in [5, 5.41) is 3.20. The quantitative estimate of drug-likeness (QED) is 0.551. The molecule has 1 saturated heterocycles. The number of rotatable bonds is 4. The number of nitrogens with zero attached hydrogens (tertiary/aromatic N) is 2. The topological polar surface area (TPSA) is 69.7 Å². The zero-order valence-electron chi connectivity index (χ0n) is 15.0. The minimum atomic E-state index is -0.712. The Bertz CT molecular complexity index is 963. The summed E-state index contributed by atoms with van der Waals surface area (Å²) in [5.74, 6) is -1.04. The summed E-state index contributed by atoms with van der Waals surface area (Å²) in [4.78, 5) is 40.0. The Kier molecular flexibility index (Phi) is 5.84. The average molecular weight is 441 g/mol. The lowest BCUT2D eigenvalue weighted by Gasteiger charge is -2.19. The van der Waals surface area contributed by atoms with E-state index in [1.807, 2.05) is 19.1 Å². The van der Waals surface area contributed by atoms with Crippen molar-refractivity contribution in [3.05, 3.63) is 57.0 Å². The predicted octanol–water partition coefficient (Wildman–Crippen LogP) is 4.75. The molecule has 6 nitrogen and oxygen atoms in total. The second-order valence-corrected chi connectivity index (χ2v) is 7.60. The Hall–Kier alpha value is -2.28. The monoisotopic (exact) mass is 439 g/mol. The van der Waals surface area contributed by atoms with Gasteiger partial charge in [0.15, 0.2) is 0 Å². The van der Waals surface area contributed by atoms with Crippen LogP contribution >= 0.6 is 34.8 Å². The first-order valence-corrected chi connectivity index (χ1v) is 9.48. The maximum Gasteiger partial charge on any atom is 0.332 e. The summed E-state index contributed by atoms with van der Waals surface area (Å²) in [6.45, 7) is 3.10. The van der Waals surface area contributed by atoms with Crippen molar-refractivity contribution in [1.82, 2.24) is 4.90 Å². The molecule has 0 unspecified atom stereocenters. The zero-order valence-corrected chi connectivity index (χ0v) is 17.3. The van der Waals surface area contributed by atoms with Gasteiger partial charge in [0.2, 0.25) is 5.91 Å². The van der Waals surface area contributed by atoms with Crippen LogP contribution in [-0.4, -0.2) is 35.3 Å². The van der Waals surface area contributed by atoms with Gasteiger partial charge in [-0.3, -0.25) is 19.4 Å². The molecule has 2 aromatic rings. The van der Waals surface area contributed by atoms with Crippen molar-refractivity contribution < 1.29 is 14.4 Å². The molecule has 0 aliphatic carbocycles. The van der Waals surface area contributed by atoms with E-state index in [1.165, 1.54) is 17.0 Å².